The van der Waals surface area contributed by atoms with Crippen molar-refractivity contribution in [3.63, 3.8) is 0 Å². The van der Waals surface area contributed by atoms with E-state index in [1.807, 2.05) is 0 Å². The van der Waals surface area contributed by atoms with Crippen molar-refractivity contribution in [1.29, 1.82) is 0 Å². The first-order valence-corrected chi connectivity index (χ1v) is 7.06. The SMILES string of the molecule is CCCS(=O)(=O)Nc1ccc(F)cc1OCC. The molecule has 0 radical (unpaired) electrons. The highest BCUT2D eigenvalue weighted by atomic mass is 32.2. The Labute approximate surface area is 101 Å². The van der Waals surface area contributed by atoms with E-state index in [4.69, 9.17) is 4.74 Å². The largest absolute Gasteiger partial charge is 0.492 e. The third kappa shape index (κ3) is 4.22. The van der Waals surface area contributed by atoms with Crippen LogP contribution in [-0.2, 0) is 10.0 Å². The summed E-state index contributed by atoms with van der Waals surface area (Å²) >= 11 is 0. The van der Waals surface area contributed by atoms with Gasteiger partial charge < -0.3 is 4.74 Å². The molecule has 6 heteroatoms. The second-order valence-corrected chi connectivity index (χ2v) is 5.34. The molecule has 0 atom stereocenters. The standard InChI is InChI=1S/C11H16FNO3S/c1-3-7-17(14,15)13-10-6-5-9(12)8-11(10)16-4-2/h5-6,8,13H,3-4,7H2,1-2H3. The van der Waals surface area contributed by atoms with E-state index in [1.165, 1.54) is 12.1 Å². The highest BCUT2D eigenvalue weighted by molar-refractivity contribution is 7.92. The fourth-order valence-electron chi connectivity index (χ4n) is 1.34. The fourth-order valence-corrected chi connectivity index (χ4v) is 2.49. The summed E-state index contributed by atoms with van der Waals surface area (Å²) in [6.07, 6.45) is 0.514. The summed E-state index contributed by atoms with van der Waals surface area (Å²) in [7, 11) is -3.39. The smallest absolute Gasteiger partial charge is 0.232 e. The maximum absolute atomic E-state index is 13.0. The molecule has 0 aromatic heterocycles. The van der Waals surface area contributed by atoms with Crippen LogP contribution in [-0.4, -0.2) is 20.8 Å². The number of hydrogen-bond donors (Lipinski definition) is 1. The van der Waals surface area contributed by atoms with Crippen LogP contribution in [0.15, 0.2) is 18.2 Å². The van der Waals surface area contributed by atoms with Gasteiger partial charge in [0.25, 0.3) is 0 Å². The summed E-state index contributed by atoms with van der Waals surface area (Å²) in [5.74, 6) is -0.241. The molecule has 0 saturated carbocycles. The van der Waals surface area contributed by atoms with Gasteiger partial charge in [0.1, 0.15) is 11.6 Å². The molecule has 1 aromatic rings. The predicted molar refractivity (Wildman–Crippen MR) is 65.3 cm³/mol. The lowest BCUT2D eigenvalue weighted by Gasteiger charge is -2.12. The van der Waals surface area contributed by atoms with E-state index in [9.17, 15) is 12.8 Å². The third-order valence-electron chi connectivity index (χ3n) is 1.98. The Morgan fingerprint density at radius 2 is 2.06 bits per heavy atom. The van der Waals surface area contributed by atoms with Crippen LogP contribution in [0.2, 0.25) is 0 Å². The second kappa shape index (κ2) is 5.86. The Morgan fingerprint density at radius 3 is 2.65 bits per heavy atom. The number of ether oxygens (including phenoxy) is 1. The lowest BCUT2D eigenvalue weighted by atomic mass is 10.3. The van der Waals surface area contributed by atoms with Gasteiger partial charge in [-0.25, -0.2) is 12.8 Å². The van der Waals surface area contributed by atoms with Crippen molar-refractivity contribution in [2.75, 3.05) is 17.1 Å². The quantitative estimate of drug-likeness (QED) is 0.855. The van der Waals surface area contributed by atoms with Crippen molar-refractivity contribution in [2.45, 2.75) is 20.3 Å². The number of hydrogen-bond acceptors (Lipinski definition) is 3. The van der Waals surface area contributed by atoms with Gasteiger partial charge in [-0.05, 0) is 25.5 Å². The average Bonchev–Trinajstić information content (AvgIpc) is 2.22. The Morgan fingerprint density at radius 1 is 1.35 bits per heavy atom. The second-order valence-electron chi connectivity index (χ2n) is 3.49. The van der Waals surface area contributed by atoms with Crippen LogP contribution in [0.5, 0.6) is 5.75 Å². The molecule has 17 heavy (non-hydrogen) atoms. The summed E-state index contributed by atoms with van der Waals surface area (Å²) in [4.78, 5) is 0. The molecule has 0 aliphatic heterocycles. The molecule has 0 aliphatic rings. The maximum atomic E-state index is 13.0. The van der Waals surface area contributed by atoms with Gasteiger partial charge in [0.15, 0.2) is 0 Å². The molecule has 0 aliphatic carbocycles. The lowest BCUT2D eigenvalue weighted by molar-refractivity contribution is 0.340. The highest BCUT2D eigenvalue weighted by Crippen LogP contribution is 2.26. The first kappa shape index (κ1) is 13.8. The number of nitrogens with one attached hydrogen (secondary N) is 1. The molecule has 1 aromatic carbocycles. The van der Waals surface area contributed by atoms with Gasteiger partial charge in [-0.15, -0.1) is 0 Å². The maximum Gasteiger partial charge on any atom is 0.232 e. The minimum absolute atomic E-state index is 0.0238. The highest BCUT2D eigenvalue weighted by Gasteiger charge is 2.13. The topological polar surface area (TPSA) is 55.4 Å². The normalized spacial score (nSPS) is 11.2. The Hall–Kier alpha value is -1.30. The summed E-state index contributed by atoms with van der Waals surface area (Å²) in [6, 6.07) is 3.70. The zero-order valence-electron chi connectivity index (χ0n) is 9.86. The predicted octanol–water partition coefficient (Wildman–Crippen LogP) is 2.38. The molecule has 0 spiro atoms. The zero-order chi connectivity index (χ0) is 12.9. The molecular formula is C11H16FNO3S. The van der Waals surface area contributed by atoms with Gasteiger partial charge in [-0.1, -0.05) is 6.92 Å². The Bertz CT molecular complexity index is 474. The minimum atomic E-state index is -3.39. The molecule has 0 amide bonds. The van der Waals surface area contributed by atoms with Crippen molar-refractivity contribution in [3.05, 3.63) is 24.0 Å². The summed E-state index contributed by atoms with van der Waals surface area (Å²) in [5.41, 5.74) is 0.265. The zero-order valence-corrected chi connectivity index (χ0v) is 10.7. The molecule has 0 heterocycles. The third-order valence-corrected chi connectivity index (χ3v) is 3.46. The van der Waals surface area contributed by atoms with Crippen molar-refractivity contribution in [1.82, 2.24) is 0 Å². The van der Waals surface area contributed by atoms with Crippen LogP contribution >= 0.6 is 0 Å². The summed E-state index contributed by atoms with van der Waals surface area (Å²) in [6.45, 7) is 3.86. The van der Waals surface area contributed by atoms with Gasteiger partial charge in [0.2, 0.25) is 10.0 Å². The van der Waals surface area contributed by atoms with Crippen LogP contribution in [0.1, 0.15) is 20.3 Å². The molecule has 0 saturated heterocycles. The summed E-state index contributed by atoms with van der Waals surface area (Å²) < 4.78 is 43.7. The van der Waals surface area contributed by atoms with Crippen molar-refractivity contribution < 1.29 is 17.5 Å². The van der Waals surface area contributed by atoms with E-state index in [-0.39, 0.29) is 17.2 Å². The van der Waals surface area contributed by atoms with E-state index in [2.05, 4.69) is 4.72 Å². The number of rotatable bonds is 6. The van der Waals surface area contributed by atoms with E-state index in [1.54, 1.807) is 13.8 Å². The fraction of sp³-hybridized carbons (Fsp3) is 0.455. The van der Waals surface area contributed by atoms with E-state index in [0.29, 0.717) is 13.0 Å². The van der Waals surface area contributed by atoms with E-state index < -0.39 is 15.8 Å². The summed E-state index contributed by atoms with van der Waals surface area (Å²) in [5, 5.41) is 0. The monoisotopic (exact) mass is 261 g/mol. The number of sulfonamides is 1. The van der Waals surface area contributed by atoms with Gasteiger partial charge in [0, 0.05) is 6.07 Å². The number of benzene rings is 1. The van der Waals surface area contributed by atoms with Crippen LogP contribution < -0.4 is 9.46 Å². The van der Waals surface area contributed by atoms with E-state index in [0.717, 1.165) is 6.07 Å². The first-order valence-electron chi connectivity index (χ1n) is 5.41. The first-order chi connectivity index (χ1) is 7.98. The average molecular weight is 261 g/mol. The number of anilines is 1. The van der Waals surface area contributed by atoms with E-state index >= 15 is 0 Å². The molecular weight excluding hydrogens is 245 g/mol. The van der Waals surface area contributed by atoms with Crippen LogP contribution in [0.3, 0.4) is 0 Å². The van der Waals surface area contributed by atoms with Crippen molar-refractivity contribution in [2.24, 2.45) is 0 Å². The van der Waals surface area contributed by atoms with Crippen LogP contribution in [0.25, 0.3) is 0 Å². The van der Waals surface area contributed by atoms with Crippen molar-refractivity contribution >= 4 is 15.7 Å². The molecule has 0 fully saturated rings. The van der Waals surface area contributed by atoms with Crippen LogP contribution in [0.4, 0.5) is 10.1 Å². The molecule has 0 unspecified atom stereocenters. The van der Waals surface area contributed by atoms with Crippen molar-refractivity contribution in [3.8, 4) is 5.75 Å². The molecule has 96 valence electrons. The number of halogens is 1. The minimum Gasteiger partial charge on any atom is -0.492 e. The molecule has 1 rings (SSSR count). The molecule has 4 nitrogen and oxygen atoms in total. The van der Waals surface area contributed by atoms with Gasteiger partial charge in [0.05, 0.1) is 18.0 Å². The van der Waals surface area contributed by atoms with Gasteiger partial charge >= 0.3 is 0 Å². The van der Waals surface area contributed by atoms with Gasteiger partial charge in [-0.3, -0.25) is 4.72 Å². The molecule has 1 N–H and O–H groups in total. The lowest BCUT2D eigenvalue weighted by Crippen LogP contribution is -2.16. The Kier molecular flexibility index (Phi) is 4.74. The van der Waals surface area contributed by atoms with Crippen LogP contribution in [0, 0.1) is 5.82 Å². The molecule has 0 bridgehead atoms. The Balaban J connectivity index is 2.97. The van der Waals surface area contributed by atoms with Gasteiger partial charge in [-0.2, -0.15) is 0 Å².